The Morgan fingerprint density at radius 1 is 1.21 bits per heavy atom. The molecular weight excluding hydrogens is 308 g/mol. The molecule has 0 saturated carbocycles. The smallest absolute Gasteiger partial charge is 0.278 e. The summed E-state index contributed by atoms with van der Waals surface area (Å²) in [6, 6.07) is 10.4. The van der Waals surface area contributed by atoms with Gasteiger partial charge in [0, 0.05) is 14.1 Å². The third-order valence-corrected chi connectivity index (χ3v) is 3.41. The van der Waals surface area contributed by atoms with Gasteiger partial charge in [-0.1, -0.05) is 17.3 Å². The fourth-order valence-corrected chi connectivity index (χ4v) is 2.19. The minimum Gasteiger partial charge on any atom is -0.363 e. The molecule has 0 aliphatic carbocycles. The number of nitrogens with zero attached hydrogens (tertiary/aromatic N) is 5. The number of benzene rings is 1. The molecule has 0 unspecified atom stereocenters. The molecule has 0 fully saturated rings. The summed E-state index contributed by atoms with van der Waals surface area (Å²) in [5.74, 6) is 0.408. The number of amides is 1. The molecule has 3 rings (SSSR count). The second-order valence-electron chi connectivity index (χ2n) is 5.42. The molecule has 0 spiro atoms. The molecule has 2 heterocycles. The monoisotopic (exact) mass is 324 g/mol. The first kappa shape index (κ1) is 15.6. The second kappa shape index (κ2) is 6.45. The van der Waals surface area contributed by atoms with Crippen LogP contribution in [0.15, 0.2) is 47.4 Å². The van der Waals surface area contributed by atoms with Gasteiger partial charge in [0.15, 0.2) is 0 Å². The number of pyridine rings is 1. The first-order valence-electron chi connectivity index (χ1n) is 7.30. The zero-order valence-corrected chi connectivity index (χ0v) is 13.3. The molecule has 122 valence electrons. The van der Waals surface area contributed by atoms with Crippen LogP contribution in [0.5, 0.6) is 0 Å². The molecule has 0 radical (unpaired) electrons. The second-order valence-corrected chi connectivity index (χ2v) is 5.42. The Labute approximate surface area is 137 Å². The first-order chi connectivity index (χ1) is 11.5. The Balaban J connectivity index is 1.75. The molecule has 8 nitrogen and oxygen atoms in total. The van der Waals surface area contributed by atoms with Crippen LogP contribution in [-0.4, -0.2) is 40.0 Å². The predicted molar refractivity (Wildman–Crippen MR) is 91.0 cm³/mol. The first-order valence-corrected chi connectivity index (χ1v) is 7.30. The molecule has 0 aliphatic heterocycles. The minimum atomic E-state index is -0.374. The van der Waals surface area contributed by atoms with Crippen molar-refractivity contribution in [1.29, 1.82) is 0 Å². The van der Waals surface area contributed by atoms with E-state index < -0.39 is 0 Å². The average Bonchev–Trinajstić information content (AvgIpc) is 2.58. The van der Waals surface area contributed by atoms with Crippen molar-refractivity contribution in [1.82, 2.24) is 20.0 Å². The van der Waals surface area contributed by atoms with Crippen molar-refractivity contribution < 1.29 is 4.79 Å². The van der Waals surface area contributed by atoms with Gasteiger partial charge >= 0.3 is 0 Å². The molecule has 2 aromatic heterocycles. The number of hydrogen-bond acceptors (Lipinski definition) is 6. The van der Waals surface area contributed by atoms with E-state index in [0.29, 0.717) is 16.6 Å². The maximum Gasteiger partial charge on any atom is 0.278 e. The lowest BCUT2D eigenvalue weighted by molar-refractivity contribution is -0.117. The standard InChI is InChI=1S/C16H16N6O2/c1-21(2)14-8-7-11(9-17-14)18-15(23)10-22-16(24)12-5-3-4-6-13(12)19-20-22/h3-9H,10H2,1-2H3,(H,18,23). The van der Waals surface area contributed by atoms with E-state index in [-0.39, 0.29) is 18.0 Å². The van der Waals surface area contributed by atoms with Gasteiger partial charge in [-0.15, -0.1) is 5.10 Å². The summed E-state index contributed by atoms with van der Waals surface area (Å²) in [5, 5.41) is 10.9. The van der Waals surface area contributed by atoms with Crippen LogP contribution in [0.25, 0.3) is 10.9 Å². The molecule has 0 bridgehead atoms. The van der Waals surface area contributed by atoms with Crippen molar-refractivity contribution in [2.45, 2.75) is 6.54 Å². The van der Waals surface area contributed by atoms with Crippen molar-refractivity contribution in [2.24, 2.45) is 0 Å². The van der Waals surface area contributed by atoms with E-state index in [9.17, 15) is 9.59 Å². The number of rotatable bonds is 4. The summed E-state index contributed by atoms with van der Waals surface area (Å²) >= 11 is 0. The highest BCUT2D eigenvalue weighted by Gasteiger charge is 2.10. The summed E-state index contributed by atoms with van der Waals surface area (Å²) in [5.41, 5.74) is 0.701. The van der Waals surface area contributed by atoms with Crippen molar-refractivity contribution >= 4 is 28.3 Å². The van der Waals surface area contributed by atoms with Crippen molar-refractivity contribution in [3.05, 3.63) is 52.9 Å². The van der Waals surface area contributed by atoms with Crippen LogP contribution in [0.3, 0.4) is 0 Å². The van der Waals surface area contributed by atoms with Gasteiger partial charge in [-0.3, -0.25) is 9.59 Å². The van der Waals surface area contributed by atoms with Gasteiger partial charge in [0.25, 0.3) is 5.56 Å². The molecular formula is C16H16N6O2. The third-order valence-electron chi connectivity index (χ3n) is 3.41. The van der Waals surface area contributed by atoms with E-state index >= 15 is 0 Å². The third kappa shape index (κ3) is 3.22. The molecule has 1 amide bonds. The number of aromatic nitrogens is 4. The molecule has 3 aromatic rings. The summed E-state index contributed by atoms with van der Waals surface area (Å²) in [6.07, 6.45) is 1.56. The topological polar surface area (TPSA) is 93.0 Å². The van der Waals surface area contributed by atoms with Crippen LogP contribution < -0.4 is 15.8 Å². The van der Waals surface area contributed by atoms with Crippen molar-refractivity contribution in [2.75, 3.05) is 24.3 Å². The van der Waals surface area contributed by atoms with Gasteiger partial charge < -0.3 is 10.2 Å². The van der Waals surface area contributed by atoms with Crippen LogP contribution in [0.1, 0.15) is 0 Å². The van der Waals surface area contributed by atoms with E-state index in [2.05, 4.69) is 20.6 Å². The number of fused-ring (bicyclic) bond motifs is 1. The largest absolute Gasteiger partial charge is 0.363 e. The normalized spacial score (nSPS) is 10.6. The van der Waals surface area contributed by atoms with Gasteiger partial charge in [-0.05, 0) is 24.3 Å². The quantitative estimate of drug-likeness (QED) is 0.766. The molecule has 1 N–H and O–H groups in total. The van der Waals surface area contributed by atoms with Crippen LogP contribution in [0.2, 0.25) is 0 Å². The highest BCUT2D eigenvalue weighted by atomic mass is 16.2. The van der Waals surface area contributed by atoms with Crippen LogP contribution in [0, 0.1) is 0 Å². The molecule has 0 aliphatic rings. The lowest BCUT2D eigenvalue weighted by Gasteiger charge is -2.11. The van der Waals surface area contributed by atoms with E-state index in [1.54, 1.807) is 42.6 Å². The number of anilines is 2. The van der Waals surface area contributed by atoms with Crippen LogP contribution in [0.4, 0.5) is 11.5 Å². The lowest BCUT2D eigenvalue weighted by atomic mass is 10.2. The highest BCUT2D eigenvalue weighted by molar-refractivity contribution is 5.90. The summed E-state index contributed by atoms with van der Waals surface area (Å²) in [6.45, 7) is -0.216. The van der Waals surface area contributed by atoms with Gasteiger partial charge in [-0.25, -0.2) is 9.67 Å². The summed E-state index contributed by atoms with van der Waals surface area (Å²) in [7, 11) is 3.76. The van der Waals surface area contributed by atoms with Gasteiger partial charge in [-0.2, -0.15) is 0 Å². The average molecular weight is 324 g/mol. The molecule has 1 aromatic carbocycles. The minimum absolute atomic E-state index is 0.216. The molecule has 8 heteroatoms. The zero-order chi connectivity index (χ0) is 17.1. The van der Waals surface area contributed by atoms with Gasteiger partial charge in [0.05, 0.1) is 17.3 Å². The Bertz CT molecular complexity index is 933. The summed E-state index contributed by atoms with van der Waals surface area (Å²) < 4.78 is 1.04. The van der Waals surface area contributed by atoms with E-state index in [4.69, 9.17) is 0 Å². The van der Waals surface area contributed by atoms with Gasteiger partial charge in [0.1, 0.15) is 17.9 Å². The molecule has 24 heavy (non-hydrogen) atoms. The summed E-state index contributed by atoms with van der Waals surface area (Å²) in [4.78, 5) is 30.5. The maximum atomic E-state index is 12.3. The number of hydrogen-bond donors (Lipinski definition) is 1. The molecule has 0 atom stereocenters. The number of carbonyl (C=O) groups excluding carboxylic acids is 1. The number of carbonyl (C=O) groups is 1. The zero-order valence-electron chi connectivity index (χ0n) is 13.3. The van der Waals surface area contributed by atoms with Crippen LogP contribution in [-0.2, 0) is 11.3 Å². The van der Waals surface area contributed by atoms with Crippen molar-refractivity contribution in [3.63, 3.8) is 0 Å². The van der Waals surface area contributed by atoms with E-state index in [1.807, 2.05) is 19.0 Å². The Morgan fingerprint density at radius 2 is 2.00 bits per heavy atom. The van der Waals surface area contributed by atoms with E-state index in [1.165, 1.54) is 0 Å². The Morgan fingerprint density at radius 3 is 2.71 bits per heavy atom. The highest BCUT2D eigenvalue weighted by Crippen LogP contribution is 2.11. The Kier molecular flexibility index (Phi) is 4.19. The van der Waals surface area contributed by atoms with E-state index in [0.717, 1.165) is 10.5 Å². The maximum absolute atomic E-state index is 12.3. The fraction of sp³-hybridized carbons (Fsp3) is 0.188. The number of nitrogens with one attached hydrogen (secondary N) is 1. The van der Waals surface area contributed by atoms with Crippen LogP contribution >= 0.6 is 0 Å². The SMILES string of the molecule is CN(C)c1ccc(NC(=O)Cn2nnc3ccccc3c2=O)cn1. The predicted octanol–water partition coefficient (Wildman–Crippen LogP) is 0.891. The van der Waals surface area contributed by atoms with Gasteiger partial charge in [0.2, 0.25) is 5.91 Å². The van der Waals surface area contributed by atoms with Crippen molar-refractivity contribution in [3.8, 4) is 0 Å². The lowest BCUT2D eigenvalue weighted by Crippen LogP contribution is -2.30. The fourth-order valence-electron chi connectivity index (χ4n) is 2.19. The molecule has 0 saturated heterocycles. The Hall–Kier alpha value is -3.29.